The number of rotatable bonds is 4. The third-order valence-corrected chi connectivity index (χ3v) is 4.97. The first-order chi connectivity index (χ1) is 12.8. The molecule has 3 rings (SSSR count). The molecule has 7 heteroatoms. The Balaban J connectivity index is 0.00000280. The quantitative estimate of drug-likeness (QED) is 0.211. The van der Waals surface area contributed by atoms with Crippen molar-refractivity contribution in [1.29, 1.82) is 0 Å². The van der Waals surface area contributed by atoms with Crippen LogP contribution in [0.15, 0.2) is 48.5 Å². The summed E-state index contributed by atoms with van der Waals surface area (Å²) in [6, 6.07) is 12.1. The normalized spacial score (nSPS) is 14.6. The largest absolute Gasteiger partial charge is 1.00 e. The van der Waals surface area contributed by atoms with Crippen molar-refractivity contribution in [3.63, 3.8) is 0 Å². The van der Waals surface area contributed by atoms with Gasteiger partial charge in [-0.15, -0.1) is 0 Å². The van der Waals surface area contributed by atoms with Crippen molar-refractivity contribution in [2.24, 2.45) is 0 Å². The van der Waals surface area contributed by atoms with Crippen molar-refractivity contribution >= 4 is 29.1 Å². The standard InChI is InChI=1S/C21H21N2O4.HI/c1-21(2)17-13-16(23(25)26)9-10-18(17)22(3)19(21)11-8-14-6-5-7-15(12-14)20(24)27-4;/h5-13H,1-4H3;1H/q+1;/p-1/b11-8+;. The number of ether oxygens (including phenoxy) is 1. The van der Waals surface area contributed by atoms with E-state index in [-0.39, 0.29) is 46.0 Å². The summed E-state index contributed by atoms with van der Waals surface area (Å²) in [5.41, 5.74) is 3.95. The van der Waals surface area contributed by atoms with Crippen LogP contribution < -0.4 is 24.0 Å². The number of carbonyl (C=O) groups is 1. The van der Waals surface area contributed by atoms with Crippen LogP contribution in [-0.2, 0) is 10.2 Å². The number of allylic oxidation sites excluding steroid dienone is 1. The van der Waals surface area contributed by atoms with Gasteiger partial charge in [0.1, 0.15) is 7.05 Å². The lowest BCUT2D eigenvalue weighted by atomic mass is 9.81. The zero-order valence-electron chi connectivity index (χ0n) is 16.1. The molecule has 0 aliphatic carbocycles. The Morgan fingerprint density at radius 1 is 1.18 bits per heavy atom. The van der Waals surface area contributed by atoms with E-state index in [4.69, 9.17) is 4.74 Å². The SMILES string of the molecule is COC(=O)c1cccc(/C=C/C2=[N+](C)c3ccc([N+](=O)[O-])cc3C2(C)C)c1.[I-]. The van der Waals surface area contributed by atoms with Crippen molar-refractivity contribution in [3.05, 3.63) is 75.3 Å². The van der Waals surface area contributed by atoms with Gasteiger partial charge in [0, 0.05) is 29.8 Å². The van der Waals surface area contributed by atoms with Gasteiger partial charge in [-0.05, 0) is 37.6 Å². The summed E-state index contributed by atoms with van der Waals surface area (Å²) in [6.45, 7) is 4.09. The van der Waals surface area contributed by atoms with Crippen molar-refractivity contribution < 1.29 is 43.0 Å². The number of benzene rings is 2. The second-order valence-corrected chi connectivity index (χ2v) is 6.98. The predicted octanol–water partition coefficient (Wildman–Crippen LogP) is 1.10. The van der Waals surface area contributed by atoms with E-state index in [9.17, 15) is 14.9 Å². The van der Waals surface area contributed by atoms with Crippen molar-refractivity contribution in [2.45, 2.75) is 19.3 Å². The second kappa shape index (κ2) is 8.22. The first kappa shape index (κ1) is 21.7. The van der Waals surface area contributed by atoms with Crippen LogP contribution in [0.3, 0.4) is 0 Å². The van der Waals surface area contributed by atoms with Gasteiger partial charge in [0.15, 0.2) is 5.71 Å². The molecule has 0 unspecified atom stereocenters. The average Bonchev–Trinajstić information content (AvgIpc) is 2.85. The fourth-order valence-electron chi connectivity index (χ4n) is 3.50. The van der Waals surface area contributed by atoms with Gasteiger partial charge in [-0.1, -0.05) is 12.1 Å². The van der Waals surface area contributed by atoms with Gasteiger partial charge in [-0.25, -0.2) is 4.79 Å². The third-order valence-electron chi connectivity index (χ3n) is 4.97. The Morgan fingerprint density at radius 3 is 2.54 bits per heavy atom. The summed E-state index contributed by atoms with van der Waals surface area (Å²) in [7, 11) is 3.30. The maximum Gasteiger partial charge on any atom is 0.337 e. The minimum Gasteiger partial charge on any atom is -1.00 e. The van der Waals surface area contributed by atoms with E-state index in [0.717, 1.165) is 22.5 Å². The average molecular weight is 492 g/mol. The molecule has 6 nitrogen and oxygen atoms in total. The highest BCUT2D eigenvalue weighted by Crippen LogP contribution is 2.41. The zero-order chi connectivity index (χ0) is 19.8. The number of fused-ring (bicyclic) bond motifs is 1. The van der Waals surface area contributed by atoms with Crippen LogP contribution in [0.25, 0.3) is 6.08 Å². The van der Waals surface area contributed by atoms with E-state index >= 15 is 0 Å². The van der Waals surface area contributed by atoms with Crippen molar-refractivity contribution in [2.75, 3.05) is 14.2 Å². The number of non-ortho nitro benzene ring substituents is 1. The van der Waals surface area contributed by atoms with E-state index in [1.807, 2.05) is 43.7 Å². The van der Waals surface area contributed by atoms with E-state index in [1.165, 1.54) is 13.2 Å². The Morgan fingerprint density at radius 2 is 1.89 bits per heavy atom. The lowest BCUT2D eigenvalue weighted by Crippen LogP contribution is -3.00. The maximum atomic E-state index is 11.7. The molecule has 0 amide bonds. The van der Waals surface area contributed by atoms with Crippen molar-refractivity contribution in [3.8, 4) is 0 Å². The molecule has 0 aromatic heterocycles. The van der Waals surface area contributed by atoms with E-state index < -0.39 is 0 Å². The van der Waals surface area contributed by atoms with Crippen LogP contribution in [-0.4, -0.2) is 35.3 Å². The Kier molecular flexibility index (Phi) is 6.38. The van der Waals surface area contributed by atoms with Crippen LogP contribution in [0.5, 0.6) is 0 Å². The summed E-state index contributed by atoms with van der Waals surface area (Å²) in [5.74, 6) is -0.379. The van der Waals surface area contributed by atoms with Gasteiger partial charge in [0.2, 0.25) is 5.69 Å². The number of halogens is 1. The molecule has 0 radical (unpaired) electrons. The molecule has 0 fully saturated rings. The molecule has 146 valence electrons. The topological polar surface area (TPSA) is 72.5 Å². The monoisotopic (exact) mass is 492 g/mol. The molecule has 0 bridgehead atoms. The molecular weight excluding hydrogens is 471 g/mol. The fourth-order valence-corrected chi connectivity index (χ4v) is 3.50. The number of carbonyl (C=O) groups excluding carboxylic acids is 1. The van der Waals surface area contributed by atoms with Gasteiger partial charge >= 0.3 is 5.97 Å². The minimum atomic E-state index is -0.382. The van der Waals surface area contributed by atoms with Crippen LogP contribution >= 0.6 is 0 Å². The maximum absolute atomic E-state index is 11.7. The van der Waals surface area contributed by atoms with E-state index in [2.05, 4.69) is 0 Å². The number of nitro groups is 1. The first-order valence-electron chi connectivity index (χ1n) is 8.52. The van der Waals surface area contributed by atoms with E-state index in [1.54, 1.807) is 30.3 Å². The molecule has 28 heavy (non-hydrogen) atoms. The molecule has 1 aliphatic heterocycles. The van der Waals surface area contributed by atoms with Crippen LogP contribution in [0.4, 0.5) is 11.4 Å². The molecule has 0 saturated heterocycles. The molecule has 0 N–H and O–H groups in total. The van der Waals surface area contributed by atoms with E-state index in [0.29, 0.717) is 5.56 Å². The lowest BCUT2D eigenvalue weighted by molar-refractivity contribution is -0.402. The molecular formula is C21H21IN2O4. The third kappa shape index (κ3) is 3.84. The highest BCUT2D eigenvalue weighted by Gasteiger charge is 2.43. The van der Waals surface area contributed by atoms with Crippen LogP contribution in [0, 0.1) is 10.1 Å². The molecule has 0 spiro atoms. The van der Waals surface area contributed by atoms with Gasteiger partial charge in [-0.3, -0.25) is 10.1 Å². The smallest absolute Gasteiger partial charge is 0.337 e. The Hall–Kier alpha value is -2.55. The molecule has 2 aromatic carbocycles. The molecule has 1 aliphatic rings. The van der Waals surface area contributed by atoms with Gasteiger partial charge in [-0.2, -0.15) is 4.58 Å². The minimum absolute atomic E-state index is 0. The summed E-state index contributed by atoms with van der Waals surface area (Å²) in [6.07, 6.45) is 3.92. The number of hydrogen-bond acceptors (Lipinski definition) is 4. The summed E-state index contributed by atoms with van der Waals surface area (Å²) < 4.78 is 6.80. The predicted molar refractivity (Wildman–Crippen MR) is 104 cm³/mol. The van der Waals surface area contributed by atoms with Gasteiger partial charge in [0.05, 0.1) is 23.0 Å². The highest BCUT2D eigenvalue weighted by molar-refractivity contribution is 6.05. The Labute approximate surface area is 180 Å². The molecule has 0 atom stereocenters. The first-order valence-corrected chi connectivity index (χ1v) is 8.52. The second-order valence-electron chi connectivity index (χ2n) is 6.98. The number of nitrogens with zero attached hydrogens (tertiary/aromatic N) is 2. The summed E-state index contributed by atoms with van der Waals surface area (Å²) >= 11 is 0. The van der Waals surface area contributed by atoms with Gasteiger partial charge in [0.25, 0.3) is 5.69 Å². The Bertz CT molecular complexity index is 1010. The number of esters is 1. The number of hydrogen-bond donors (Lipinski definition) is 0. The lowest BCUT2D eigenvalue weighted by Gasteiger charge is -2.15. The summed E-state index contributed by atoms with van der Waals surface area (Å²) in [4.78, 5) is 22.5. The fraction of sp³-hybridized carbons (Fsp3) is 0.238. The van der Waals surface area contributed by atoms with Crippen LogP contribution in [0.1, 0.15) is 35.3 Å². The van der Waals surface area contributed by atoms with Crippen molar-refractivity contribution in [1.82, 2.24) is 0 Å². The highest BCUT2D eigenvalue weighted by atomic mass is 127. The summed E-state index contributed by atoms with van der Waals surface area (Å²) in [5, 5.41) is 11.1. The van der Waals surface area contributed by atoms with Gasteiger partial charge < -0.3 is 28.7 Å². The molecule has 0 saturated carbocycles. The zero-order valence-corrected chi connectivity index (χ0v) is 18.3. The molecule has 2 aromatic rings. The number of methoxy groups -OCH3 is 1. The molecule has 1 heterocycles. The van der Waals surface area contributed by atoms with Crippen LogP contribution in [0.2, 0.25) is 0 Å². The number of nitro benzene ring substituents is 1.